The molecule has 0 bridgehead atoms. The molecule has 2 N–H and O–H groups in total. The van der Waals surface area contributed by atoms with Gasteiger partial charge in [0.15, 0.2) is 0 Å². The summed E-state index contributed by atoms with van der Waals surface area (Å²) in [7, 11) is 0. The Morgan fingerprint density at radius 1 is 1.33 bits per heavy atom. The summed E-state index contributed by atoms with van der Waals surface area (Å²) in [6.45, 7) is 6.65. The molecule has 1 aliphatic heterocycles. The van der Waals surface area contributed by atoms with Crippen LogP contribution in [0.25, 0.3) is 0 Å². The molecule has 0 radical (unpaired) electrons. The van der Waals surface area contributed by atoms with Gasteiger partial charge in [0.1, 0.15) is 11.4 Å². The summed E-state index contributed by atoms with van der Waals surface area (Å²) in [5, 5.41) is 0. The van der Waals surface area contributed by atoms with Crippen LogP contribution in [0.2, 0.25) is 0 Å². The van der Waals surface area contributed by atoms with E-state index in [1.165, 1.54) is 6.07 Å². The number of rotatable bonds is 0. The van der Waals surface area contributed by atoms with Crippen LogP contribution in [-0.4, -0.2) is 29.7 Å². The summed E-state index contributed by atoms with van der Waals surface area (Å²) in [5.74, 6) is 0.00450. The Morgan fingerprint density at radius 3 is 2.71 bits per heavy atom. The van der Waals surface area contributed by atoms with E-state index < -0.39 is 5.60 Å². The molecule has 1 aliphatic carbocycles. The van der Waals surface area contributed by atoms with E-state index >= 15 is 0 Å². The highest BCUT2D eigenvalue weighted by Crippen LogP contribution is 2.48. The molecule has 21 heavy (non-hydrogen) atoms. The molecule has 1 fully saturated rings. The number of hydrogen-bond donors (Lipinski definition) is 1. The van der Waals surface area contributed by atoms with Crippen molar-refractivity contribution in [2.45, 2.75) is 38.3 Å². The number of nitrogens with two attached hydrogens (primary N) is 1. The van der Waals surface area contributed by atoms with Gasteiger partial charge in [0, 0.05) is 31.0 Å². The fourth-order valence-corrected chi connectivity index (χ4v) is 3.40. The normalized spacial score (nSPS) is 27.5. The lowest BCUT2D eigenvalue weighted by atomic mass is 9.95. The van der Waals surface area contributed by atoms with Crippen molar-refractivity contribution in [1.82, 2.24) is 4.90 Å². The second-order valence-electron chi connectivity index (χ2n) is 6.95. The van der Waals surface area contributed by atoms with E-state index in [0.717, 1.165) is 11.1 Å². The molecule has 1 heterocycles. The Balaban J connectivity index is 1.80. The van der Waals surface area contributed by atoms with Crippen molar-refractivity contribution >= 4 is 6.09 Å². The molecule has 114 valence electrons. The number of hydrogen-bond acceptors (Lipinski definition) is 3. The van der Waals surface area contributed by atoms with Gasteiger partial charge in [-0.3, -0.25) is 0 Å². The highest BCUT2D eigenvalue weighted by Gasteiger charge is 2.46. The van der Waals surface area contributed by atoms with Gasteiger partial charge in [0.05, 0.1) is 0 Å². The molecule has 1 aromatic carbocycles. The summed E-state index contributed by atoms with van der Waals surface area (Å²) in [4.78, 5) is 13.9. The first-order valence-electron chi connectivity index (χ1n) is 7.29. The highest BCUT2D eigenvalue weighted by atomic mass is 19.1. The number of benzene rings is 1. The Labute approximate surface area is 124 Å². The van der Waals surface area contributed by atoms with Crippen molar-refractivity contribution < 1.29 is 13.9 Å². The number of carbonyl (C=O) groups excluding carboxylic acids is 1. The number of amides is 1. The maximum absolute atomic E-state index is 13.5. The predicted octanol–water partition coefficient (Wildman–Crippen LogP) is 2.79. The standard InChI is InChI=1S/C16H21FN2O2/c1-16(2,3)21-15(20)19-7-12-11-6-9(17)4-5-10(11)14(18)13(12)8-19/h4-6,12-14H,7-8,18H2,1-3H3/t12-,13-,14+/m0/s1. The van der Waals surface area contributed by atoms with Crippen LogP contribution in [0.3, 0.4) is 0 Å². The summed E-state index contributed by atoms with van der Waals surface area (Å²) in [6.07, 6.45) is -0.318. The molecule has 3 atom stereocenters. The maximum atomic E-state index is 13.5. The van der Waals surface area contributed by atoms with Gasteiger partial charge < -0.3 is 15.4 Å². The van der Waals surface area contributed by atoms with E-state index in [4.69, 9.17) is 10.5 Å². The van der Waals surface area contributed by atoms with E-state index in [1.54, 1.807) is 17.0 Å². The molecular weight excluding hydrogens is 271 g/mol. The van der Waals surface area contributed by atoms with Gasteiger partial charge in [-0.2, -0.15) is 0 Å². The summed E-state index contributed by atoms with van der Waals surface area (Å²) >= 11 is 0. The van der Waals surface area contributed by atoms with Crippen molar-refractivity contribution in [3.05, 3.63) is 35.1 Å². The SMILES string of the molecule is CC(C)(C)OC(=O)N1C[C@@H]2[C@H](N)c3ccc(F)cc3[C@@H]2C1. The summed E-state index contributed by atoms with van der Waals surface area (Å²) < 4.78 is 18.9. The van der Waals surface area contributed by atoms with E-state index in [9.17, 15) is 9.18 Å². The second-order valence-corrected chi connectivity index (χ2v) is 6.95. The summed E-state index contributed by atoms with van der Waals surface area (Å²) in [6, 6.07) is 4.63. The average molecular weight is 292 g/mol. The monoisotopic (exact) mass is 292 g/mol. The van der Waals surface area contributed by atoms with Crippen LogP contribution in [0.4, 0.5) is 9.18 Å². The average Bonchev–Trinajstić information content (AvgIpc) is 2.89. The van der Waals surface area contributed by atoms with Gasteiger partial charge in [-0.05, 0) is 44.0 Å². The molecule has 0 unspecified atom stereocenters. The molecule has 1 aromatic rings. The third kappa shape index (κ3) is 2.50. The molecule has 0 spiro atoms. The zero-order valence-electron chi connectivity index (χ0n) is 12.6. The lowest BCUT2D eigenvalue weighted by molar-refractivity contribution is 0.0284. The van der Waals surface area contributed by atoms with Gasteiger partial charge in [-0.15, -0.1) is 0 Å². The van der Waals surface area contributed by atoms with Crippen molar-refractivity contribution in [3.8, 4) is 0 Å². The fraction of sp³-hybridized carbons (Fsp3) is 0.562. The van der Waals surface area contributed by atoms with Gasteiger partial charge in [-0.1, -0.05) is 6.07 Å². The lowest BCUT2D eigenvalue weighted by Gasteiger charge is -2.25. The Hall–Kier alpha value is -1.62. The van der Waals surface area contributed by atoms with Crippen LogP contribution >= 0.6 is 0 Å². The minimum Gasteiger partial charge on any atom is -0.444 e. The minimum atomic E-state index is -0.513. The first-order valence-corrected chi connectivity index (χ1v) is 7.29. The number of fused-ring (bicyclic) bond motifs is 3. The first kappa shape index (κ1) is 14.3. The van der Waals surface area contributed by atoms with Crippen molar-refractivity contribution in [2.24, 2.45) is 11.7 Å². The molecule has 1 saturated heterocycles. The van der Waals surface area contributed by atoms with Gasteiger partial charge in [-0.25, -0.2) is 9.18 Å². The molecule has 2 aliphatic rings. The third-order valence-corrected chi connectivity index (χ3v) is 4.29. The smallest absolute Gasteiger partial charge is 0.410 e. The quantitative estimate of drug-likeness (QED) is 0.800. The molecular formula is C16H21FN2O2. The van der Waals surface area contributed by atoms with E-state index in [0.29, 0.717) is 13.1 Å². The Bertz CT molecular complexity index is 582. The lowest BCUT2D eigenvalue weighted by Crippen LogP contribution is -2.36. The van der Waals surface area contributed by atoms with Crippen LogP contribution < -0.4 is 5.73 Å². The molecule has 4 nitrogen and oxygen atoms in total. The van der Waals surface area contributed by atoms with Crippen molar-refractivity contribution in [1.29, 1.82) is 0 Å². The van der Waals surface area contributed by atoms with Crippen LogP contribution in [0.5, 0.6) is 0 Å². The van der Waals surface area contributed by atoms with E-state index in [2.05, 4.69) is 0 Å². The molecule has 0 aromatic heterocycles. The third-order valence-electron chi connectivity index (χ3n) is 4.29. The Morgan fingerprint density at radius 2 is 2.05 bits per heavy atom. The maximum Gasteiger partial charge on any atom is 0.410 e. The zero-order valence-corrected chi connectivity index (χ0v) is 12.6. The van der Waals surface area contributed by atoms with Gasteiger partial charge in [0.25, 0.3) is 0 Å². The highest BCUT2D eigenvalue weighted by molar-refractivity contribution is 5.69. The van der Waals surface area contributed by atoms with Crippen molar-refractivity contribution in [2.75, 3.05) is 13.1 Å². The molecule has 3 rings (SSSR count). The van der Waals surface area contributed by atoms with Crippen LogP contribution in [0.1, 0.15) is 43.9 Å². The minimum absolute atomic E-state index is 0.109. The van der Waals surface area contributed by atoms with Crippen LogP contribution in [0.15, 0.2) is 18.2 Å². The predicted molar refractivity (Wildman–Crippen MR) is 77.4 cm³/mol. The second kappa shape index (κ2) is 4.70. The number of halogens is 1. The van der Waals surface area contributed by atoms with E-state index in [1.807, 2.05) is 20.8 Å². The summed E-state index contributed by atoms with van der Waals surface area (Å²) in [5.41, 5.74) is 7.71. The topological polar surface area (TPSA) is 55.6 Å². The van der Waals surface area contributed by atoms with Crippen LogP contribution in [0, 0.1) is 11.7 Å². The number of ether oxygens (including phenoxy) is 1. The van der Waals surface area contributed by atoms with Gasteiger partial charge >= 0.3 is 6.09 Å². The van der Waals surface area contributed by atoms with Crippen LogP contribution in [-0.2, 0) is 4.74 Å². The number of nitrogens with zero attached hydrogens (tertiary/aromatic N) is 1. The number of carbonyl (C=O) groups is 1. The molecule has 0 saturated carbocycles. The van der Waals surface area contributed by atoms with E-state index in [-0.39, 0.29) is 29.8 Å². The van der Waals surface area contributed by atoms with Gasteiger partial charge in [0.2, 0.25) is 0 Å². The zero-order chi connectivity index (χ0) is 15.4. The van der Waals surface area contributed by atoms with Crippen molar-refractivity contribution in [3.63, 3.8) is 0 Å². The number of likely N-dealkylation sites (tertiary alicyclic amines) is 1. The first-order chi connectivity index (χ1) is 9.76. The molecule has 1 amide bonds. The largest absolute Gasteiger partial charge is 0.444 e. The molecule has 5 heteroatoms. The fourth-order valence-electron chi connectivity index (χ4n) is 3.40. The Kier molecular flexibility index (Phi) is 3.20.